The molecule has 4 nitrogen and oxygen atoms in total. The Bertz CT molecular complexity index is 637. The zero-order valence-corrected chi connectivity index (χ0v) is 13.4. The highest BCUT2D eigenvalue weighted by Crippen LogP contribution is 2.40. The Balaban J connectivity index is 2.39. The average Bonchev–Trinajstić information content (AvgIpc) is 2.65. The molecule has 0 saturated heterocycles. The number of hydrogen-bond acceptors (Lipinski definition) is 3. The smallest absolute Gasteiger partial charge is 0.228 e. The van der Waals surface area contributed by atoms with E-state index in [2.05, 4.69) is 21.2 Å². The van der Waals surface area contributed by atoms with Gasteiger partial charge in [0.25, 0.3) is 0 Å². The zero-order valence-electron chi connectivity index (χ0n) is 11.0. The van der Waals surface area contributed by atoms with Crippen LogP contribution in [0.3, 0.4) is 0 Å². The first-order valence-corrected chi connectivity index (χ1v) is 8.70. The summed E-state index contributed by atoms with van der Waals surface area (Å²) in [6.07, 6.45) is 1.59. The molecule has 6 heteroatoms. The van der Waals surface area contributed by atoms with Crippen LogP contribution in [0.25, 0.3) is 0 Å². The van der Waals surface area contributed by atoms with Crippen LogP contribution in [0.1, 0.15) is 29.8 Å². The Morgan fingerprint density at radius 1 is 1.37 bits per heavy atom. The molecule has 2 rings (SSSR count). The summed E-state index contributed by atoms with van der Waals surface area (Å²) in [7, 11) is -3.20. The fraction of sp³-hybridized carbons (Fsp3) is 0.462. The lowest BCUT2D eigenvalue weighted by Crippen LogP contribution is -2.35. The fourth-order valence-corrected chi connectivity index (χ4v) is 3.81. The van der Waals surface area contributed by atoms with Crippen LogP contribution < -0.4 is 5.32 Å². The molecule has 1 amide bonds. The Morgan fingerprint density at radius 3 is 2.58 bits per heavy atom. The van der Waals surface area contributed by atoms with Gasteiger partial charge in [0.05, 0.1) is 16.0 Å². The van der Waals surface area contributed by atoms with Crippen LogP contribution in [0, 0.1) is 0 Å². The van der Waals surface area contributed by atoms with Crippen molar-refractivity contribution < 1.29 is 13.2 Å². The Labute approximate surface area is 121 Å². The molecular formula is C13H16BrNO3S. The lowest BCUT2D eigenvalue weighted by atomic mass is 9.99. The number of anilines is 1. The first-order valence-electron chi connectivity index (χ1n) is 5.89. The Kier molecular flexibility index (Phi) is 3.51. The Hall–Kier alpha value is -0.880. The topological polar surface area (TPSA) is 63.2 Å². The molecule has 104 valence electrons. The van der Waals surface area contributed by atoms with Crippen molar-refractivity contribution in [1.29, 1.82) is 0 Å². The summed E-state index contributed by atoms with van der Waals surface area (Å²) in [5.41, 5.74) is 2.59. The van der Waals surface area contributed by atoms with Crippen molar-refractivity contribution in [3.8, 4) is 0 Å². The molecule has 1 aromatic carbocycles. The van der Waals surface area contributed by atoms with Crippen LogP contribution in [0.15, 0.2) is 18.2 Å². The lowest BCUT2D eigenvalue weighted by Gasteiger charge is -2.29. The molecule has 0 radical (unpaired) electrons. The molecule has 0 saturated carbocycles. The summed E-state index contributed by atoms with van der Waals surface area (Å²) in [5.74, 6) is -0.0272. The van der Waals surface area contributed by atoms with E-state index in [0.29, 0.717) is 6.42 Å². The number of fused-ring (bicyclic) bond motifs is 1. The zero-order chi connectivity index (χ0) is 14.4. The molecule has 0 spiro atoms. The summed E-state index contributed by atoms with van der Waals surface area (Å²) in [5, 5.41) is 2.76. The van der Waals surface area contributed by atoms with Gasteiger partial charge in [-0.3, -0.25) is 4.79 Å². The van der Waals surface area contributed by atoms with Gasteiger partial charge in [-0.2, -0.15) is 0 Å². The van der Waals surface area contributed by atoms with Gasteiger partial charge in [-0.15, -0.1) is 0 Å². The summed E-state index contributed by atoms with van der Waals surface area (Å²) in [6.45, 7) is 3.39. The predicted molar refractivity (Wildman–Crippen MR) is 79.4 cm³/mol. The van der Waals surface area contributed by atoms with E-state index in [1.165, 1.54) is 6.26 Å². The minimum absolute atomic E-state index is 0.0272. The number of benzene rings is 1. The molecule has 0 aromatic heterocycles. The number of amides is 1. The predicted octanol–water partition coefficient (Wildman–Crippen LogP) is 2.44. The highest BCUT2D eigenvalue weighted by atomic mass is 79.9. The van der Waals surface area contributed by atoms with Crippen LogP contribution >= 0.6 is 15.9 Å². The second-order valence-electron chi connectivity index (χ2n) is 5.38. The molecule has 1 heterocycles. The number of alkyl halides is 1. The van der Waals surface area contributed by atoms with Crippen molar-refractivity contribution in [2.75, 3.05) is 11.6 Å². The van der Waals surface area contributed by atoms with Crippen LogP contribution in [0.4, 0.5) is 5.69 Å². The van der Waals surface area contributed by atoms with E-state index < -0.39 is 14.6 Å². The van der Waals surface area contributed by atoms with E-state index in [-0.39, 0.29) is 10.7 Å². The van der Waals surface area contributed by atoms with E-state index in [4.69, 9.17) is 0 Å². The van der Waals surface area contributed by atoms with E-state index in [0.717, 1.165) is 16.8 Å². The largest absolute Gasteiger partial charge is 0.326 e. The van der Waals surface area contributed by atoms with Crippen LogP contribution in [-0.2, 0) is 21.1 Å². The van der Waals surface area contributed by atoms with Crippen molar-refractivity contribution in [3.05, 3.63) is 29.3 Å². The third-order valence-corrected chi connectivity index (χ3v) is 7.74. The maximum absolute atomic E-state index is 11.9. The molecular weight excluding hydrogens is 330 g/mol. The minimum atomic E-state index is -3.20. The Morgan fingerprint density at radius 2 is 2.00 bits per heavy atom. The number of hydrogen-bond donors (Lipinski definition) is 1. The van der Waals surface area contributed by atoms with Crippen molar-refractivity contribution in [1.82, 2.24) is 0 Å². The highest BCUT2D eigenvalue weighted by molar-refractivity contribution is 9.09. The SMILES string of the molecule is CC(C)(C(Br)c1ccc2c(c1)CC(=O)N2)S(C)(=O)=O. The third kappa shape index (κ3) is 2.56. The molecule has 1 aromatic rings. The molecule has 1 aliphatic heterocycles. The molecule has 19 heavy (non-hydrogen) atoms. The summed E-state index contributed by atoms with van der Waals surface area (Å²) in [4.78, 5) is 11.0. The number of carbonyl (C=O) groups is 1. The van der Waals surface area contributed by atoms with E-state index in [1.54, 1.807) is 13.8 Å². The van der Waals surface area contributed by atoms with E-state index >= 15 is 0 Å². The monoisotopic (exact) mass is 345 g/mol. The number of sulfone groups is 1. The molecule has 1 unspecified atom stereocenters. The lowest BCUT2D eigenvalue weighted by molar-refractivity contribution is -0.115. The maximum atomic E-state index is 11.9. The number of carbonyl (C=O) groups excluding carboxylic acids is 1. The number of nitrogens with one attached hydrogen (secondary N) is 1. The van der Waals surface area contributed by atoms with Crippen molar-refractivity contribution in [2.24, 2.45) is 0 Å². The first kappa shape index (κ1) is 14.5. The number of halogens is 1. The number of rotatable bonds is 3. The van der Waals surface area contributed by atoms with Gasteiger partial charge in [0.2, 0.25) is 5.91 Å². The van der Waals surface area contributed by atoms with Crippen molar-refractivity contribution >= 4 is 37.4 Å². The maximum Gasteiger partial charge on any atom is 0.228 e. The van der Waals surface area contributed by atoms with Gasteiger partial charge in [0, 0.05) is 11.9 Å². The van der Waals surface area contributed by atoms with Gasteiger partial charge in [-0.1, -0.05) is 28.1 Å². The van der Waals surface area contributed by atoms with Gasteiger partial charge in [-0.05, 0) is 31.0 Å². The summed E-state index contributed by atoms with van der Waals surface area (Å²) < 4.78 is 22.8. The second-order valence-corrected chi connectivity index (χ2v) is 8.89. The van der Waals surface area contributed by atoms with Gasteiger partial charge in [-0.25, -0.2) is 8.42 Å². The van der Waals surface area contributed by atoms with Gasteiger partial charge < -0.3 is 5.32 Å². The molecule has 0 aliphatic carbocycles. The van der Waals surface area contributed by atoms with Gasteiger partial charge >= 0.3 is 0 Å². The average molecular weight is 346 g/mol. The van der Waals surface area contributed by atoms with Crippen molar-refractivity contribution in [2.45, 2.75) is 29.8 Å². The van der Waals surface area contributed by atoms with E-state index in [1.807, 2.05) is 18.2 Å². The normalized spacial score (nSPS) is 16.9. The van der Waals surface area contributed by atoms with Crippen LogP contribution in [-0.4, -0.2) is 25.3 Å². The van der Waals surface area contributed by atoms with Crippen LogP contribution in [0.2, 0.25) is 0 Å². The van der Waals surface area contributed by atoms with Crippen molar-refractivity contribution in [3.63, 3.8) is 0 Å². The molecule has 1 atom stereocenters. The molecule has 0 fully saturated rings. The second kappa shape index (κ2) is 4.59. The highest BCUT2D eigenvalue weighted by Gasteiger charge is 2.38. The van der Waals surface area contributed by atoms with E-state index in [9.17, 15) is 13.2 Å². The molecule has 1 N–H and O–H groups in total. The van der Waals surface area contributed by atoms with Gasteiger partial charge in [0.1, 0.15) is 0 Å². The first-order chi connectivity index (χ1) is 8.63. The quantitative estimate of drug-likeness (QED) is 0.855. The van der Waals surface area contributed by atoms with Gasteiger partial charge in [0.15, 0.2) is 9.84 Å². The molecule has 0 bridgehead atoms. The standard InChI is InChI=1S/C13H16BrNO3S/c1-13(2,19(3,17)18)12(14)8-4-5-10-9(6-8)7-11(16)15-10/h4-6,12H,7H2,1-3H3,(H,15,16). The summed E-state index contributed by atoms with van der Waals surface area (Å²) >= 11 is 3.48. The van der Waals surface area contributed by atoms with Crippen LogP contribution in [0.5, 0.6) is 0 Å². The molecule has 1 aliphatic rings. The minimum Gasteiger partial charge on any atom is -0.326 e. The fourth-order valence-electron chi connectivity index (χ4n) is 2.00. The third-order valence-electron chi connectivity index (χ3n) is 3.61. The summed E-state index contributed by atoms with van der Waals surface area (Å²) in [6, 6.07) is 5.55.